The first-order chi connectivity index (χ1) is 4.34. The van der Waals surface area contributed by atoms with Crippen molar-refractivity contribution < 1.29 is 0 Å². The fraction of sp³-hybridized carbons (Fsp3) is 0.286. The van der Waals surface area contributed by atoms with Crippen LogP contribution in [0.2, 0.25) is 0 Å². The third-order valence-corrected chi connectivity index (χ3v) is 1.19. The first kappa shape index (κ1) is 6.08. The van der Waals surface area contributed by atoms with Crippen molar-refractivity contribution in [2.45, 2.75) is 13.8 Å². The Morgan fingerprint density at radius 2 is 2.44 bits per heavy atom. The van der Waals surface area contributed by atoms with Crippen molar-refractivity contribution in [3.05, 3.63) is 17.8 Å². The Hall–Kier alpha value is -1.05. The summed E-state index contributed by atoms with van der Waals surface area (Å²) in [6.45, 7) is 3.93. The van der Waals surface area contributed by atoms with Crippen molar-refractivity contribution in [1.82, 2.24) is 4.98 Å². The average molecular weight is 122 g/mol. The van der Waals surface area contributed by atoms with Gasteiger partial charge in [0.2, 0.25) is 0 Å². The minimum absolute atomic E-state index is 0.956. The molecule has 1 N–H and O–H groups in total. The van der Waals surface area contributed by atoms with Crippen molar-refractivity contribution >= 4 is 12.0 Å². The van der Waals surface area contributed by atoms with Gasteiger partial charge in [-0.15, -0.1) is 0 Å². The van der Waals surface area contributed by atoms with Gasteiger partial charge in [0, 0.05) is 12.4 Å². The number of rotatable bonds is 1. The van der Waals surface area contributed by atoms with Crippen LogP contribution in [0.15, 0.2) is 17.3 Å². The summed E-state index contributed by atoms with van der Waals surface area (Å²) in [6.07, 6.45) is 3.66. The SMILES string of the molecule is C/C=N\c1[nH]ccc1C. The summed E-state index contributed by atoms with van der Waals surface area (Å²) in [5.41, 5.74) is 1.19. The van der Waals surface area contributed by atoms with E-state index in [2.05, 4.69) is 9.98 Å². The topological polar surface area (TPSA) is 28.1 Å². The fourth-order valence-electron chi connectivity index (χ4n) is 0.707. The van der Waals surface area contributed by atoms with Crippen molar-refractivity contribution in [3.63, 3.8) is 0 Å². The Morgan fingerprint density at radius 1 is 1.67 bits per heavy atom. The van der Waals surface area contributed by atoms with Crippen LogP contribution in [-0.2, 0) is 0 Å². The third-order valence-electron chi connectivity index (χ3n) is 1.19. The van der Waals surface area contributed by atoms with E-state index in [0.717, 1.165) is 5.82 Å². The van der Waals surface area contributed by atoms with Crippen molar-refractivity contribution in [2.75, 3.05) is 0 Å². The van der Waals surface area contributed by atoms with Gasteiger partial charge in [0.25, 0.3) is 0 Å². The molecule has 0 radical (unpaired) electrons. The van der Waals surface area contributed by atoms with E-state index in [-0.39, 0.29) is 0 Å². The lowest BCUT2D eigenvalue weighted by molar-refractivity contribution is 1.31. The molecule has 1 aromatic heterocycles. The molecule has 2 heteroatoms. The van der Waals surface area contributed by atoms with E-state index in [9.17, 15) is 0 Å². The van der Waals surface area contributed by atoms with E-state index < -0.39 is 0 Å². The lowest BCUT2D eigenvalue weighted by Gasteiger charge is -1.85. The molecular formula is C7H10N2. The molecule has 0 saturated carbocycles. The second-order valence-corrected chi connectivity index (χ2v) is 1.90. The number of aryl methyl sites for hydroxylation is 1. The van der Waals surface area contributed by atoms with E-state index in [4.69, 9.17) is 0 Å². The van der Waals surface area contributed by atoms with E-state index in [0.29, 0.717) is 0 Å². The molecule has 0 aliphatic rings. The van der Waals surface area contributed by atoms with Crippen LogP contribution in [0.1, 0.15) is 12.5 Å². The van der Waals surface area contributed by atoms with E-state index in [1.807, 2.05) is 26.1 Å². The Morgan fingerprint density at radius 3 is 2.89 bits per heavy atom. The molecule has 0 saturated heterocycles. The van der Waals surface area contributed by atoms with Gasteiger partial charge in [0.15, 0.2) is 0 Å². The number of aromatic amines is 1. The number of H-pyrrole nitrogens is 1. The monoisotopic (exact) mass is 122 g/mol. The molecule has 0 unspecified atom stereocenters. The number of hydrogen-bond donors (Lipinski definition) is 1. The van der Waals surface area contributed by atoms with Crippen molar-refractivity contribution in [1.29, 1.82) is 0 Å². The average Bonchev–Trinajstić information content (AvgIpc) is 2.18. The molecule has 0 bridgehead atoms. The summed E-state index contributed by atoms with van der Waals surface area (Å²) in [5.74, 6) is 0.956. The number of hydrogen-bond acceptors (Lipinski definition) is 1. The lowest BCUT2D eigenvalue weighted by atomic mass is 10.4. The van der Waals surface area contributed by atoms with Gasteiger partial charge in [-0.3, -0.25) is 0 Å². The molecule has 1 heterocycles. The molecule has 0 atom stereocenters. The molecule has 9 heavy (non-hydrogen) atoms. The summed E-state index contributed by atoms with van der Waals surface area (Å²) < 4.78 is 0. The van der Waals surface area contributed by atoms with E-state index in [1.54, 1.807) is 6.21 Å². The highest BCUT2D eigenvalue weighted by atomic mass is 14.9. The van der Waals surface area contributed by atoms with Crippen LogP contribution >= 0.6 is 0 Å². The zero-order chi connectivity index (χ0) is 6.69. The highest BCUT2D eigenvalue weighted by Crippen LogP contribution is 2.12. The van der Waals surface area contributed by atoms with Crippen LogP contribution in [0.4, 0.5) is 5.82 Å². The minimum atomic E-state index is 0.956. The number of nitrogens with one attached hydrogen (secondary N) is 1. The van der Waals surface area contributed by atoms with Crippen LogP contribution in [0, 0.1) is 6.92 Å². The van der Waals surface area contributed by atoms with E-state index in [1.165, 1.54) is 5.56 Å². The first-order valence-corrected chi connectivity index (χ1v) is 2.97. The molecule has 2 nitrogen and oxygen atoms in total. The molecule has 0 aliphatic carbocycles. The Bertz CT molecular complexity index is 210. The molecule has 0 aliphatic heterocycles. The standard InChI is InChI=1S/C7H10N2/c1-3-8-7-6(2)4-5-9-7/h3-5,9H,1-2H3/b8-3-. The van der Waals surface area contributed by atoms with Crippen LogP contribution < -0.4 is 0 Å². The molecule has 1 rings (SSSR count). The van der Waals surface area contributed by atoms with Gasteiger partial charge in [0.1, 0.15) is 5.82 Å². The van der Waals surface area contributed by atoms with Gasteiger partial charge >= 0.3 is 0 Å². The Labute approximate surface area is 54.6 Å². The fourth-order valence-corrected chi connectivity index (χ4v) is 0.707. The van der Waals surface area contributed by atoms with Gasteiger partial charge in [-0.05, 0) is 25.5 Å². The maximum absolute atomic E-state index is 4.09. The summed E-state index contributed by atoms with van der Waals surface area (Å²) in [4.78, 5) is 7.09. The predicted molar refractivity (Wildman–Crippen MR) is 39.4 cm³/mol. The zero-order valence-electron chi connectivity index (χ0n) is 5.68. The Balaban J connectivity index is 2.94. The largest absolute Gasteiger partial charge is 0.346 e. The quantitative estimate of drug-likeness (QED) is 0.552. The van der Waals surface area contributed by atoms with Gasteiger partial charge < -0.3 is 4.98 Å². The normalized spacial score (nSPS) is 10.9. The molecule has 1 aromatic rings. The highest BCUT2D eigenvalue weighted by molar-refractivity contribution is 5.60. The van der Waals surface area contributed by atoms with Crippen molar-refractivity contribution in [3.8, 4) is 0 Å². The summed E-state index contributed by atoms with van der Waals surface area (Å²) in [5, 5.41) is 0. The number of aromatic nitrogens is 1. The van der Waals surface area contributed by atoms with Gasteiger partial charge in [-0.25, -0.2) is 4.99 Å². The maximum atomic E-state index is 4.09. The van der Waals surface area contributed by atoms with Crippen LogP contribution in [0.3, 0.4) is 0 Å². The second kappa shape index (κ2) is 2.49. The second-order valence-electron chi connectivity index (χ2n) is 1.90. The number of nitrogens with zero attached hydrogens (tertiary/aromatic N) is 1. The molecule has 0 amide bonds. The molecule has 0 aromatic carbocycles. The van der Waals surface area contributed by atoms with Gasteiger partial charge in [0.05, 0.1) is 0 Å². The first-order valence-electron chi connectivity index (χ1n) is 2.97. The van der Waals surface area contributed by atoms with Crippen LogP contribution in [0.5, 0.6) is 0 Å². The highest BCUT2D eigenvalue weighted by Gasteiger charge is 1.91. The minimum Gasteiger partial charge on any atom is -0.346 e. The Kier molecular flexibility index (Phi) is 1.68. The van der Waals surface area contributed by atoms with Gasteiger partial charge in [-0.2, -0.15) is 0 Å². The lowest BCUT2D eigenvalue weighted by Crippen LogP contribution is -1.66. The zero-order valence-corrected chi connectivity index (χ0v) is 5.68. The molecular weight excluding hydrogens is 112 g/mol. The summed E-state index contributed by atoms with van der Waals surface area (Å²) in [6, 6.07) is 2.00. The van der Waals surface area contributed by atoms with Crippen LogP contribution in [0.25, 0.3) is 0 Å². The summed E-state index contributed by atoms with van der Waals surface area (Å²) in [7, 11) is 0. The van der Waals surface area contributed by atoms with Crippen molar-refractivity contribution in [2.24, 2.45) is 4.99 Å². The molecule has 0 spiro atoms. The maximum Gasteiger partial charge on any atom is 0.132 e. The summed E-state index contributed by atoms with van der Waals surface area (Å²) >= 11 is 0. The van der Waals surface area contributed by atoms with E-state index >= 15 is 0 Å². The van der Waals surface area contributed by atoms with Gasteiger partial charge in [-0.1, -0.05) is 0 Å². The van der Waals surface area contributed by atoms with Crippen LogP contribution in [-0.4, -0.2) is 11.2 Å². The number of aliphatic imine (C=N–C) groups is 1. The molecule has 48 valence electrons. The third kappa shape index (κ3) is 1.19. The molecule has 0 fully saturated rings. The smallest absolute Gasteiger partial charge is 0.132 e. The predicted octanol–water partition coefficient (Wildman–Crippen LogP) is 2.05.